The lowest BCUT2D eigenvalue weighted by atomic mass is 9.96. The standard InChI is InChI=1S/C18H25N3O3/c19-17(22)16-11-15(24-14-9-5-2-6-10-14)12-21(16)18(23)20-13-7-3-1-4-8-13/h2,5-6,9-10,13,15-16H,1,3-4,7-8,11-12H2,(H2,19,22)(H,20,23). The van der Waals surface area contributed by atoms with Crippen LogP contribution in [0.3, 0.4) is 0 Å². The summed E-state index contributed by atoms with van der Waals surface area (Å²) >= 11 is 0. The van der Waals surface area contributed by atoms with Gasteiger partial charge in [-0.05, 0) is 25.0 Å². The van der Waals surface area contributed by atoms with Crippen LogP contribution in [0.4, 0.5) is 4.79 Å². The number of amides is 3. The molecule has 2 fully saturated rings. The Balaban J connectivity index is 1.62. The number of likely N-dealkylation sites (tertiary alicyclic amines) is 1. The summed E-state index contributed by atoms with van der Waals surface area (Å²) in [5.41, 5.74) is 5.50. The number of hydrogen-bond donors (Lipinski definition) is 2. The second-order valence-electron chi connectivity index (χ2n) is 6.64. The molecular formula is C18H25N3O3. The quantitative estimate of drug-likeness (QED) is 0.885. The lowest BCUT2D eigenvalue weighted by Crippen LogP contribution is -2.51. The molecule has 2 aliphatic rings. The van der Waals surface area contributed by atoms with E-state index in [0.29, 0.717) is 13.0 Å². The highest BCUT2D eigenvalue weighted by atomic mass is 16.5. The summed E-state index contributed by atoms with van der Waals surface area (Å²) in [7, 11) is 0. The van der Waals surface area contributed by atoms with Gasteiger partial charge in [-0.25, -0.2) is 4.79 Å². The second-order valence-corrected chi connectivity index (χ2v) is 6.64. The smallest absolute Gasteiger partial charge is 0.318 e. The summed E-state index contributed by atoms with van der Waals surface area (Å²) in [6.07, 6.45) is 5.74. The Labute approximate surface area is 142 Å². The molecule has 1 aromatic rings. The first-order chi connectivity index (χ1) is 11.6. The van der Waals surface area contributed by atoms with Gasteiger partial charge in [-0.1, -0.05) is 37.5 Å². The molecule has 0 radical (unpaired) electrons. The molecule has 1 saturated carbocycles. The highest BCUT2D eigenvalue weighted by Gasteiger charge is 2.40. The number of rotatable bonds is 4. The van der Waals surface area contributed by atoms with Crippen molar-refractivity contribution in [2.45, 2.75) is 56.7 Å². The SMILES string of the molecule is NC(=O)C1CC(Oc2ccccc2)CN1C(=O)NC1CCCCC1. The number of nitrogens with zero attached hydrogens (tertiary/aromatic N) is 1. The van der Waals surface area contributed by atoms with Gasteiger partial charge in [-0.3, -0.25) is 4.79 Å². The number of carbonyl (C=O) groups is 2. The number of carbonyl (C=O) groups excluding carboxylic acids is 2. The Kier molecular flexibility index (Phi) is 5.23. The van der Waals surface area contributed by atoms with E-state index in [0.717, 1.165) is 31.4 Å². The van der Waals surface area contributed by atoms with E-state index in [4.69, 9.17) is 10.5 Å². The summed E-state index contributed by atoms with van der Waals surface area (Å²) in [5.74, 6) is 0.258. The van der Waals surface area contributed by atoms with Crippen molar-refractivity contribution in [1.29, 1.82) is 0 Å². The average molecular weight is 331 g/mol. The molecule has 1 heterocycles. The van der Waals surface area contributed by atoms with E-state index in [-0.39, 0.29) is 18.2 Å². The molecule has 1 saturated heterocycles. The lowest BCUT2D eigenvalue weighted by Gasteiger charge is -2.28. The van der Waals surface area contributed by atoms with Gasteiger partial charge in [-0.15, -0.1) is 0 Å². The summed E-state index contributed by atoms with van der Waals surface area (Å²) < 4.78 is 5.90. The van der Waals surface area contributed by atoms with E-state index >= 15 is 0 Å². The van der Waals surface area contributed by atoms with Gasteiger partial charge in [0.2, 0.25) is 5.91 Å². The number of ether oxygens (including phenoxy) is 1. The molecule has 1 aliphatic carbocycles. The maximum absolute atomic E-state index is 12.6. The van der Waals surface area contributed by atoms with Crippen molar-refractivity contribution in [3.05, 3.63) is 30.3 Å². The molecule has 6 heteroatoms. The zero-order valence-corrected chi connectivity index (χ0v) is 13.8. The van der Waals surface area contributed by atoms with E-state index in [1.54, 1.807) is 0 Å². The zero-order valence-electron chi connectivity index (χ0n) is 13.8. The Hall–Kier alpha value is -2.24. The van der Waals surface area contributed by atoms with Gasteiger partial charge >= 0.3 is 6.03 Å². The molecule has 1 aromatic carbocycles. The highest BCUT2D eigenvalue weighted by Crippen LogP contribution is 2.24. The largest absolute Gasteiger partial charge is 0.488 e. The minimum Gasteiger partial charge on any atom is -0.488 e. The van der Waals surface area contributed by atoms with Crippen LogP contribution in [0.5, 0.6) is 5.75 Å². The lowest BCUT2D eigenvalue weighted by molar-refractivity contribution is -0.121. The molecule has 2 atom stereocenters. The normalized spacial score (nSPS) is 24.6. The molecule has 1 aliphatic heterocycles. The van der Waals surface area contributed by atoms with Crippen LogP contribution in [0.2, 0.25) is 0 Å². The topological polar surface area (TPSA) is 84.7 Å². The molecule has 0 spiro atoms. The van der Waals surface area contributed by atoms with Crippen LogP contribution in [0.1, 0.15) is 38.5 Å². The Morgan fingerprint density at radius 3 is 2.50 bits per heavy atom. The van der Waals surface area contributed by atoms with Crippen LogP contribution in [0, 0.1) is 0 Å². The molecular weight excluding hydrogens is 306 g/mol. The minimum atomic E-state index is -0.609. The van der Waals surface area contributed by atoms with Crippen LogP contribution in [0.15, 0.2) is 30.3 Å². The molecule has 3 rings (SSSR count). The number of nitrogens with one attached hydrogen (secondary N) is 1. The fourth-order valence-electron chi connectivity index (χ4n) is 3.57. The summed E-state index contributed by atoms with van der Waals surface area (Å²) in [4.78, 5) is 25.9. The molecule has 3 N–H and O–H groups in total. The fourth-order valence-corrected chi connectivity index (χ4v) is 3.57. The van der Waals surface area contributed by atoms with Crippen molar-refractivity contribution < 1.29 is 14.3 Å². The van der Waals surface area contributed by atoms with E-state index < -0.39 is 11.9 Å². The van der Waals surface area contributed by atoms with Gasteiger partial charge in [-0.2, -0.15) is 0 Å². The van der Waals surface area contributed by atoms with Crippen molar-refractivity contribution in [2.24, 2.45) is 5.73 Å². The Morgan fingerprint density at radius 1 is 1.12 bits per heavy atom. The Morgan fingerprint density at radius 2 is 1.83 bits per heavy atom. The van der Waals surface area contributed by atoms with Crippen LogP contribution in [-0.4, -0.2) is 41.6 Å². The number of benzene rings is 1. The third-order valence-electron chi connectivity index (χ3n) is 4.83. The van der Waals surface area contributed by atoms with Crippen molar-refractivity contribution >= 4 is 11.9 Å². The van der Waals surface area contributed by atoms with Crippen molar-refractivity contribution in [3.8, 4) is 5.75 Å². The van der Waals surface area contributed by atoms with Crippen LogP contribution in [0.25, 0.3) is 0 Å². The fraction of sp³-hybridized carbons (Fsp3) is 0.556. The average Bonchev–Trinajstić information content (AvgIpc) is 3.01. The van der Waals surface area contributed by atoms with Gasteiger partial charge in [0.1, 0.15) is 17.9 Å². The van der Waals surface area contributed by atoms with Gasteiger partial charge < -0.3 is 20.7 Å². The van der Waals surface area contributed by atoms with Gasteiger partial charge in [0.25, 0.3) is 0 Å². The van der Waals surface area contributed by atoms with Crippen LogP contribution < -0.4 is 15.8 Å². The third-order valence-corrected chi connectivity index (χ3v) is 4.83. The highest BCUT2D eigenvalue weighted by molar-refractivity contribution is 5.86. The molecule has 130 valence electrons. The van der Waals surface area contributed by atoms with Crippen LogP contribution in [-0.2, 0) is 4.79 Å². The molecule has 24 heavy (non-hydrogen) atoms. The maximum atomic E-state index is 12.6. The predicted octanol–water partition coefficient (Wildman–Crippen LogP) is 2.04. The molecule has 3 amide bonds. The predicted molar refractivity (Wildman–Crippen MR) is 90.6 cm³/mol. The first kappa shape index (κ1) is 16.6. The van der Waals surface area contributed by atoms with Gasteiger partial charge in [0, 0.05) is 12.5 Å². The monoisotopic (exact) mass is 331 g/mol. The third kappa shape index (κ3) is 3.99. The molecule has 2 unspecified atom stereocenters. The van der Waals surface area contributed by atoms with Crippen LogP contribution >= 0.6 is 0 Å². The minimum absolute atomic E-state index is 0.203. The van der Waals surface area contributed by atoms with Crippen molar-refractivity contribution in [3.63, 3.8) is 0 Å². The summed E-state index contributed by atoms with van der Waals surface area (Å²) in [5, 5.41) is 3.05. The number of nitrogens with two attached hydrogens (primary N) is 1. The van der Waals surface area contributed by atoms with E-state index in [1.165, 1.54) is 11.3 Å². The van der Waals surface area contributed by atoms with E-state index in [2.05, 4.69) is 5.32 Å². The first-order valence-corrected chi connectivity index (χ1v) is 8.71. The number of para-hydroxylation sites is 1. The van der Waals surface area contributed by atoms with E-state index in [9.17, 15) is 9.59 Å². The Bertz CT molecular complexity index is 572. The zero-order chi connectivity index (χ0) is 16.9. The van der Waals surface area contributed by atoms with Crippen molar-refractivity contribution in [2.75, 3.05) is 6.54 Å². The van der Waals surface area contributed by atoms with Crippen molar-refractivity contribution in [1.82, 2.24) is 10.2 Å². The number of primary amides is 1. The second kappa shape index (κ2) is 7.55. The number of hydrogen-bond acceptors (Lipinski definition) is 3. The molecule has 0 bridgehead atoms. The van der Waals surface area contributed by atoms with Gasteiger partial charge in [0.05, 0.1) is 6.54 Å². The maximum Gasteiger partial charge on any atom is 0.318 e. The van der Waals surface area contributed by atoms with E-state index in [1.807, 2.05) is 30.3 Å². The summed E-state index contributed by atoms with van der Waals surface area (Å²) in [6, 6.07) is 8.82. The van der Waals surface area contributed by atoms with Gasteiger partial charge in [0.15, 0.2) is 0 Å². The first-order valence-electron chi connectivity index (χ1n) is 8.71. The number of urea groups is 1. The summed E-state index contributed by atoms with van der Waals surface area (Å²) in [6.45, 7) is 0.376. The molecule has 0 aromatic heterocycles. The molecule has 6 nitrogen and oxygen atoms in total.